The van der Waals surface area contributed by atoms with Crippen LogP contribution < -0.4 is 20.1 Å². The highest BCUT2D eigenvalue weighted by molar-refractivity contribution is 5.80. The zero-order chi connectivity index (χ0) is 17.2. The van der Waals surface area contributed by atoms with E-state index in [9.17, 15) is 0 Å². The van der Waals surface area contributed by atoms with Crippen LogP contribution in [0.2, 0.25) is 0 Å². The SMILES string of the molecule is CCNC(=NCc1ccc2c(c1)OCO2)NC1CN(C2CC2)CC1C. The average Bonchev–Trinajstić information content (AvgIpc) is 3.25. The van der Waals surface area contributed by atoms with Gasteiger partial charge in [-0.25, -0.2) is 4.99 Å². The quantitative estimate of drug-likeness (QED) is 0.632. The van der Waals surface area contributed by atoms with Gasteiger partial charge >= 0.3 is 0 Å². The molecule has 0 spiro atoms. The summed E-state index contributed by atoms with van der Waals surface area (Å²) in [7, 11) is 0. The Morgan fingerprint density at radius 3 is 2.88 bits per heavy atom. The molecule has 2 N–H and O–H groups in total. The molecule has 1 saturated heterocycles. The Bertz CT molecular complexity index is 644. The lowest BCUT2D eigenvalue weighted by atomic mass is 10.1. The number of nitrogens with one attached hydrogen (secondary N) is 2. The third-order valence-electron chi connectivity index (χ3n) is 5.23. The van der Waals surface area contributed by atoms with Crippen LogP contribution in [-0.2, 0) is 6.54 Å². The molecule has 2 fully saturated rings. The number of rotatable bonds is 5. The van der Waals surface area contributed by atoms with Gasteiger partial charge < -0.3 is 20.1 Å². The predicted molar refractivity (Wildman–Crippen MR) is 98.1 cm³/mol. The Morgan fingerprint density at radius 1 is 1.24 bits per heavy atom. The molecule has 25 heavy (non-hydrogen) atoms. The lowest BCUT2D eigenvalue weighted by molar-refractivity contribution is 0.174. The fourth-order valence-electron chi connectivity index (χ4n) is 3.64. The zero-order valence-corrected chi connectivity index (χ0v) is 15.1. The third kappa shape index (κ3) is 3.84. The van der Waals surface area contributed by atoms with Crippen LogP contribution in [0.4, 0.5) is 0 Å². The molecule has 6 heteroatoms. The molecule has 1 aliphatic carbocycles. The molecule has 0 amide bonds. The van der Waals surface area contributed by atoms with Gasteiger partial charge in [-0.3, -0.25) is 4.90 Å². The summed E-state index contributed by atoms with van der Waals surface area (Å²) in [5.74, 6) is 3.18. The van der Waals surface area contributed by atoms with E-state index in [1.54, 1.807) is 0 Å². The van der Waals surface area contributed by atoms with E-state index in [-0.39, 0.29) is 0 Å². The van der Waals surface area contributed by atoms with Crippen molar-refractivity contribution in [3.8, 4) is 11.5 Å². The number of fused-ring (bicyclic) bond motifs is 1. The van der Waals surface area contributed by atoms with Gasteiger partial charge in [-0.2, -0.15) is 0 Å². The lowest BCUT2D eigenvalue weighted by Crippen LogP contribution is -2.46. The van der Waals surface area contributed by atoms with Crippen molar-refractivity contribution in [1.82, 2.24) is 15.5 Å². The molecular weight excluding hydrogens is 316 g/mol. The van der Waals surface area contributed by atoms with E-state index in [1.165, 1.54) is 19.4 Å². The molecule has 2 atom stereocenters. The van der Waals surface area contributed by atoms with E-state index in [0.717, 1.165) is 42.2 Å². The van der Waals surface area contributed by atoms with Crippen molar-refractivity contribution in [3.63, 3.8) is 0 Å². The topological polar surface area (TPSA) is 58.1 Å². The molecule has 1 aromatic carbocycles. The molecule has 136 valence electrons. The number of nitrogens with zero attached hydrogens (tertiary/aromatic N) is 2. The van der Waals surface area contributed by atoms with Gasteiger partial charge in [0.05, 0.1) is 6.54 Å². The first-order chi connectivity index (χ1) is 12.2. The second kappa shape index (κ2) is 7.12. The summed E-state index contributed by atoms with van der Waals surface area (Å²) in [4.78, 5) is 7.40. The van der Waals surface area contributed by atoms with E-state index < -0.39 is 0 Å². The fourth-order valence-corrected chi connectivity index (χ4v) is 3.64. The van der Waals surface area contributed by atoms with Crippen LogP contribution in [0.5, 0.6) is 11.5 Å². The van der Waals surface area contributed by atoms with Crippen molar-refractivity contribution >= 4 is 5.96 Å². The van der Waals surface area contributed by atoms with Crippen LogP contribution in [0.3, 0.4) is 0 Å². The number of ether oxygens (including phenoxy) is 2. The van der Waals surface area contributed by atoms with Crippen molar-refractivity contribution in [2.75, 3.05) is 26.4 Å². The summed E-state index contributed by atoms with van der Waals surface area (Å²) in [6.07, 6.45) is 2.75. The molecule has 0 aromatic heterocycles. The molecule has 1 aromatic rings. The summed E-state index contributed by atoms with van der Waals surface area (Å²) >= 11 is 0. The van der Waals surface area contributed by atoms with E-state index in [0.29, 0.717) is 25.3 Å². The van der Waals surface area contributed by atoms with Crippen LogP contribution in [0.15, 0.2) is 23.2 Å². The predicted octanol–water partition coefficient (Wildman–Crippen LogP) is 1.95. The zero-order valence-electron chi connectivity index (χ0n) is 15.1. The van der Waals surface area contributed by atoms with Gasteiger partial charge in [0.1, 0.15) is 0 Å². The van der Waals surface area contributed by atoms with Crippen molar-refractivity contribution in [3.05, 3.63) is 23.8 Å². The largest absolute Gasteiger partial charge is 0.454 e. The Morgan fingerprint density at radius 2 is 2.08 bits per heavy atom. The number of aliphatic imine (C=N–C) groups is 1. The summed E-state index contributed by atoms with van der Waals surface area (Å²) in [6.45, 7) is 8.56. The number of likely N-dealkylation sites (tertiary alicyclic amines) is 1. The smallest absolute Gasteiger partial charge is 0.231 e. The first-order valence-electron chi connectivity index (χ1n) is 9.40. The third-order valence-corrected chi connectivity index (χ3v) is 5.23. The Balaban J connectivity index is 1.39. The number of hydrogen-bond donors (Lipinski definition) is 2. The maximum absolute atomic E-state index is 5.45. The molecule has 6 nitrogen and oxygen atoms in total. The summed E-state index contributed by atoms with van der Waals surface area (Å²) < 4.78 is 10.8. The molecule has 0 radical (unpaired) electrons. The number of hydrogen-bond acceptors (Lipinski definition) is 4. The molecule has 2 unspecified atom stereocenters. The van der Waals surface area contributed by atoms with E-state index in [2.05, 4.69) is 29.4 Å². The molecule has 4 rings (SSSR count). The number of guanidine groups is 1. The van der Waals surface area contributed by atoms with Crippen LogP contribution in [0.25, 0.3) is 0 Å². The Kier molecular flexibility index (Phi) is 4.70. The monoisotopic (exact) mass is 344 g/mol. The van der Waals surface area contributed by atoms with Gasteiger partial charge in [0.25, 0.3) is 0 Å². The molecule has 2 heterocycles. The summed E-state index contributed by atoms with van der Waals surface area (Å²) in [5, 5.41) is 7.02. The first-order valence-corrected chi connectivity index (χ1v) is 9.40. The van der Waals surface area contributed by atoms with Crippen LogP contribution in [0.1, 0.15) is 32.3 Å². The van der Waals surface area contributed by atoms with Crippen LogP contribution in [-0.4, -0.2) is 49.4 Å². The molecule has 0 bridgehead atoms. The molecule has 1 saturated carbocycles. The number of benzene rings is 1. The molecular formula is C19H28N4O2. The molecule has 2 aliphatic heterocycles. The van der Waals surface area contributed by atoms with Gasteiger partial charge in [0, 0.05) is 31.7 Å². The van der Waals surface area contributed by atoms with Crippen molar-refractivity contribution in [1.29, 1.82) is 0 Å². The Labute approximate surface area is 149 Å². The fraction of sp³-hybridized carbons (Fsp3) is 0.632. The van der Waals surface area contributed by atoms with Gasteiger partial charge in [-0.1, -0.05) is 13.0 Å². The van der Waals surface area contributed by atoms with Crippen molar-refractivity contribution < 1.29 is 9.47 Å². The van der Waals surface area contributed by atoms with Gasteiger partial charge in [0.15, 0.2) is 17.5 Å². The summed E-state index contributed by atoms with van der Waals surface area (Å²) in [6, 6.07) is 7.33. The van der Waals surface area contributed by atoms with Gasteiger partial charge in [-0.15, -0.1) is 0 Å². The standard InChI is InChI=1S/C19H28N4O2/c1-3-20-19(22-16-11-23(10-13(16)2)15-5-6-15)21-9-14-4-7-17-18(8-14)25-12-24-17/h4,7-8,13,15-16H,3,5-6,9-12H2,1-2H3,(H2,20,21,22). The maximum Gasteiger partial charge on any atom is 0.231 e. The minimum Gasteiger partial charge on any atom is -0.454 e. The maximum atomic E-state index is 5.45. The van der Waals surface area contributed by atoms with Crippen LogP contribution in [0, 0.1) is 5.92 Å². The normalized spacial score (nSPS) is 26.1. The van der Waals surface area contributed by atoms with Crippen molar-refractivity contribution in [2.24, 2.45) is 10.9 Å². The Hall–Kier alpha value is -1.95. The van der Waals surface area contributed by atoms with Crippen molar-refractivity contribution in [2.45, 2.75) is 45.3 Å². The van der Waals surface area contributed by atoms with Gasteiger partial charge in [0.2, 0.25) is 6.79 Å². The van der Waals surface area contributed by atoms with E-state index in [1.807, 2.05) is 18.2 Å². The average molecular weight is 344 g/mol. The minimum absolute atomic E-state index is 0.309. The lowest BCUT2D eigenvalue weighted by Gasteiger charge is -2.20. The van der Waals surface area contributed by atoms with Crippen LogP contribution >= 0.6 is 0 Å². The highest BCUT2D eigenvalue weighted by atomic mass is 16.7. The molecule has 3 aliphatic rings. The summed E-state index contributed by atoms with van der Waals surface area (Å²) in [5.41, 5.74) is 1.13. The van der Waals surface area contributed by atoms with Gasteiger partial charge in [-0.05, 0) is 43.4 Å². The second-order valence-corrected chi connectivity index (χ2v) is 7.30. The second-order valence-electron chi connectivity index (χ2n) is 7.30. The van der Waals surface area contributed by atoms with E-state index >= 15 is 0 Å². The first kappa shape index (κ1) is 16.5. The van der Waals surface area contributed by atoms with E-state index in [4.69, 9.17) is 14.5 Å². The minimum atomic E-state index is 0.309. The highest BCUT2D eigenvalue weighted by Crippen LogP contribution is 2.33. The highest BCUT2D eigenvalue weighted by Gasteiger charge is 2.38.